The first kappa shape index (κ1) is 18.1. The number of carbonyl (C=O) groups is 2. The van der Waals surface area contributed by atoms with E-state index in [9.17, 15) is 26.8 Å². The van der Waals surface area contributed by atoms with Crippen LogP contribution in [0, 0.1) is 11.6 Å². The Hall–Kier alpha value is -2.27. The first-order chi connectivity index (χ1) is 11.1. The molecule has 24 heavy (non-hydrogen) atoms. The Labute approximate surface area is 136 Å². The van der Waals surface area contributed by atoms with Gasteiger partial charge in [0.15, 0.2) is 11.6 Å². The number of carboxylic acid groups (broad SMARTS) is 1. The predicted octanol–water partition coefficient (Wildman–Crippen LogP) is 0.768. The van der Waals surface area contributed by atoms with Gasteiger partial charge in [0.1, 0.15) is 6.54 Å². The quantitative estimate of drug-likeness (QED) is 0.792. The fourth-order valence-electron chi connectivity index (χ4n) is 2.17. The highest BCUT2D eigenvalue weighted by Crippen LogP contribution is 2.24. The van der Waals surface area contributed by atoms with Crippen LogP contribution in [0.1, 0.15) is 5.56 Å². The van der Waals surface area contributed by atoms with Crippen LogP contribution in [0.2, 0.25) is 0 Å². The smallest absolute Gasteiger partial charge is 0.407 e. The highest BCUT2D eigenvalue weighted by molar-refractivity contribution is 7.85. The van der Waals surface area contributed by atoms with Crippen LogP contribution in [0.3, 0.4) is 0 Å². The summed E-state index contributed by atoms with van der Waals surface area (Å²) in [5.74, 6) is -3.16. The lowest BCUT2D eigenvalue weighted by Crippen LogP contribution is -2.52. The zero-order valence-corrected chi connectivity index (χ0v) is 13.3. The third-order valence-corrected chi connectivity index (χ3v) is 3.87. The van der Waals surface area contributed by atoms with Crippen LogP contribution in [0.25, 0.3) is 0 Å². The fraction of sp³-hybridized carbons (Fsp3) is 0.385. The number of hydrogen-bond donors (Lipinski definition) is 1. The minimum atomic E-state index is -3.86. The molecule has 0 unspecified atom stereocenters. The van der Waals surface area contributed by atoms with E-state index in [4.69, 9.17) is 5.11 Å². The topological polar surface area (TPSA) is 104 Å². The lowest BCUT2D eigenvalue weighted by Gasteiger charge is -2.33. The zero-order valence-electron chi connectivity index (χ0n) is 12.5. The van der Waals surface area contributed by atoms with Crippen molar-refractivity contribution in [2.24, 2.45) is 0 Å². The molecule has 1 aliphatic rings. The minimum absolute atomic E-state index is 0.00367. The van der Waals surface area contributed by atoms with E-state index in [1.807, 2.05) is 0 Å². The van der Waals surface area contributed by atoms with Gasteiger partial charge >= 0.3 is 6.09 Å². The van der Waals surface area contributed by atoms with Crippen LogP contribution in [-0.2, 0) is 25.7 Å². The van der Waals surface area contributed by atoms with E-state index in [1.54, 1.807) is 0 Å². The standard InChI is InChI=1S/C13H14F2N2O6S/c1-24(21,22)23-7-8-4-9(5-10(14)12(8)15)17-3-2-16(13(19)20)6-11(17)18/h4-5H,2-3,6-7H2,1H3,(H,19,20). The maximum Gasteiger partial charge on any atom is 0.407 e. The summed E-state index contributed by atoms with van der Waals surface area (Å²) in [6.07, 6.45) is -0.490. The van der Waals surface area contributed by atoms with Crippen molar-refractivity contribution >= 4 is 27.8 Å². The number of amides is 2. The van der Waals surface area contributed by atoms with Gasteiger partial charge < -0.3 is 10.0 Å². The van der Waals surface area contributed by atoms with Gasteiger partial charge in [0.25, 0.3) is 10.1 Å². The monoisotopic (exact) mass is 364 g/mol. The highest BCUT2D eigenvalue weighted by Gasteiger charge is 2.29. The van der Waals surface area contributed by atoms with Crippen LogP contribution in [0.15, 0.2) is 12.1 Å². The Kier molecular flexibility index (Phi) is 5.04. The zero-order chi connectivity index (χ0) is 18.1. The van der Waals surface area contributed by atoms with Crippen LogP contribution in [0.5, 0.6) is 0 Å². The van der Waals surface area contributed by atoms with Crippen LogP contribution in [0.4, 0.5) is 19.3 Å². The summed E-state index contributed by atoms with van der Waals surface area (Å²) in [7, 11) is -3.86. The predicted molar refractivity (Wildman–Crippen MR) is 77.9 cm³/mol. The maximum absolute atomic E-state index is 13.7. The molecule has 2 amide bonds. The molecule has 2 rings (SSSR count). The molecule has 0 atom stereocenters. The second kappa shape index (κ2) is 6.69. The van der Waals surface area contributed by atoms with Crippen LogP contribution < -0.4 is 4.90 Å². The normalized spacial score (nSPS) is 15.7. The van der Waals surface area contributed by atoms with Gasteiger partial charge in [-0.2, -0.15) is 8.42 Å². The Morgan fingerprint density at radius 1 is 1.33 bits per heavy atom. The molecule has 11 heteroatoms. The van der Waals surface area contributed by atoms with Crippen molar-refractivity contribution in [2.45, 2.75) is 6.61 Å². The lowest BCUT2D eigenvalue weighted by atomic mass is 10.1. The molecule has 8 nitrogen and oxygen atoms in total. The number of benzene rings is 1. The molecule has 132 valence electrons. The van der Waals surface area contributed by atoms with Gasteiger partial charge in [-0.1, -0.05) is 0 Å². The Bertz CT molecular complexity index is 783. The van der Waals surface area contributed by atoms with E-state index < -0.39 is 46.9 Å². The van der Waals surface area contributed by atoms with Crippen molar-refractivity contribution in [1.82, 2.24) is 4.90 Å². The molecule has 1 N–H and O–H groups in total. The van der Waals surface area contributed by atoms with Gasteiger partial charge in [0.05, 0.1) is 12.9 Å². The average Bonchev–Trinajstić information content (AvgIpc) is 2.47. The molecule has 0 spiro atoms. The summed E-state index contributed by atoms with van der Waals surface area (Å²) in [6.45, 7) is -1.17. The van der Waals surface area contributed by atoms with Crippen LogP contribution in [-0.4, -0.2) is 56.3 Å². The first-order valence-corrected chi connectivity index (χ1v) is 8.50. The van der Waals surface area contributed by atoms with E-state index in [0.717, 1.165) is 28.2 Å². The van der Waals surface area contributed by atoms with Gasteiger partial charge in [-0.15, -0.1) is 0 Å². The van der Waals surface area contributed by atoms with Crippen molar-refractivity contribution in [3.05, 3.63) is 29.3 Å². The van der Waals surface area contributed by atoms with E-state index in [2.05, 4.69) is 4.18 Å². The van der Waals surface area contributed by atoms with Crippen molar-refractivity contribution in [1.29, 1.82) is 0 Å². The van der Waals surface area contributed by atoms with E-state index in [-0.39, 0.29) is 24.3 Å². The van der Waals surface area contributed by atoms with Crippen LogP contribution >= 0.6 is 0 Å². The summed E-state index contributed by atoms with van der Waals surface area (Å²) >= 11 is 0. The van der Waals surface area contributed by atoms with Crippen molar-refractivity contribution < 1.29 is 36.1 Å². The van der Waals surface area contributed by atoms with Gasteiger partial charge in [-0.25, -0.2) is 13.6 Å². The molecule has 0 aromatic heterocycles. The van der Waals surface area contributed by atoms with Crippen molar-refractivity contribution in [3.63, 3.8) is 0 Å². The Morgan fingerprint density at radius 3 is 2.54 bits per heavy atom. The fourth-order valence-corrected chi connectivity index (χ4v) is 2.51. The number of piperazine rings is 1. The summed E-state index contributed by atoms with van der Waals surface area (Å²) in [5, 5.41) is 8.86. The number of carbonyl (C=O) groups excluding carboxylic acids is 1. The molecule has 0 aliphatic carbocycles. The number of anilines is 1. The molecular formula is C13H14F2N2O6S. The van der Waals surface area contributed by atoms with E-state index in [1.165, 1.54) is 0 Å². The van der Waals surface area contributed by atoms with E-state index >= 15 is 0 Å². The maximum atomic E-state index is 13.7. The Morgan fingerprint density at radius 2 is 2.00 bits per heavy atom. The second-order valence-corrected chi connectivity index (χ2v) is 6.76. The highest BCUT2D eigenvalue weighted by atomic mass is 32.2. The van der Waals surface area contributed by atoms with Crippen molar-refractivity contribution in [2.75, 3.05) is 30.8 Å². The van der Waals surface area contributed by atoms with Gasteiger partial charge in [-0.3, -0.25) is 13.9 Å². The lowest BCUT2D eigenvalue weighted by molar-refractivity contribution is -0.120. The van der Waals surface area contributed by atoms with Gasteiger partial charge in [0, 0.05) is 30.4 Å². The molecule has 0 saturated carbocycles. The SMILES string of the molecule is CS(=O)(=O)OCc1cc(N2CCN(C(=O)O)CC2=O)cc(F)c1F. The first-order valence-electron chi connectivity index (χ1n) is 6.69. The molecule has 0 radical (unpaired) electrons. The van der Waals surface area contributed by atoms with Gasteiger partial charge in [-0.05, 0) is 6.07 Å². The number of nitrogens with zero attached hydrogens (tertiary/aromatic N) is 2. The molecular weight excluding hydrogens is 350 g/mol. The van der Waals surface area contributed by atoms with Gasteiger partial charge in [0.2, 0.25) is 5.91 Å². The summed E-state index contributed by atoms with van der Waals surface area (Å²) in [6, 6.07) is 1.88. The van der Waals surface area contributed by atoms with Crippen molar-refractivity contribution in [3.8, 4) is 0 Å². The molecule has 1 fully saturated rings. The summed E-state index contributed by atoms with van der Waals surface area (Å²) in [5.41, 5.74) is -0.375. The average molecular weight is 364 g/mol. The molecule has 1 heterocycles. The summed E-state index contributed by atoms with van der Waals surface area (Å²) in [4.78, 5) is 24.9. The molecule has 1 aromatic carbocycles. The third-order valence-electron chi connectivity index (χ3n) is 3.32. The number of halogens is 2. The molecule has 0 bridgehead atoms. The number of hydrogen-bond acceptors (Lipinski definition) is 5. The van der Waals surface area contributed by atoms with E-state index in [0.29, 0.717) is 0 Å². The second-order valence-electron chi connectivity index (χ2n) is 5.12. The molecule has 1 aromatic rings. The molecule has 1 saturated heterocycles. The third kappa shape index (κ3) is 4.17. The minimum Gasteiger partial charge on any atom is -0.465 e. The summed E-state index contributed by atoms with van der Waals surface area (Å²) < 4.78 is 53.9. The molecule has 1 aliphatic heterocycles. The Balaban J connectivity index is 2.26. The largest absolute Gasteiger partial charge is 0.465 e. The number of rotatable bonds is 4.